The lowest BCUT2D eigenvalue weighted by atomic mass is 10.2. The SMILES string of the molecule is N#Cc1cc(Br)c(N)cc1Cl. The second-order valence-electron chi connectivity index (χ2n) is 1.97. The molecule has 0 spiro atoms. The van der Waals surface area contributed by atoms with Crippen molar-refractivity contribution in [3.8, 4) is 6.07 Å². The summed E-state index contributed by atoms with van der Waals surface area (Å²) >= 11 is 8.86. The average molecular weight is 231 g/mol. The molecule has 1 aromatic rings. The number of nitrogens with zero attached hydrogens (tertiary/aromatic N) is 1. The Morgan fingerprint density at radius 3 is 2.73 bits per heavy atom. The molecule has 0 amide bonds. The summed E-state index contributed by atoms with van der Waals surface area (Å²) in [7, 11) is 0. The van der Waals surface area contributed by atoms with Gasteiger partial charge in [-0.15, -0.1) is 0 Å². The maximum absolute atomic E-state index is 8.54. The van der Waals surface area contributed by atoms with Gasteiger partial charge in [0.05, 0.1) is 10.6 Å². The number of nitrogen functional groups attached to an aromatic ring is 1. The first kappa shape index (κ1) is 8.38. The third-order valence-corrected chi connectivity index (χ3v) is 2.21. The Bertz CT molecular complexity index is 330. The van der Waals surface area contributed by atoms with Crippen LogP contribution in [0.25, 0.3) is 0 Å². The van der Waals surface area contributed by atoms with Crippen LogP contribution in [0.3, 0.4) is 0 Å². The zero-order chi connectivity index (χ0) is 8.43. The summed E-state index contributed by atoms with van der Waals surface area (Å²) in [5.74, 6) is 0. The van der Waals surface area contributed by atoms with Gasteiger partial charge in [0.25, 0.3) is 0 Å². The summed E-state index contributed by atoms with van der Waals surface area (Å²) in [6, 6.07) is 5.09. The van der Waals surface area contributed by atoms with E-state index in [9.17, 15) is 0 Å². The molecule has 11 heavy (non-hydrogen) atoms. The van der Waals surface area contributed by atoms with Crippen molar-refractivity contribution < 1.29 is 0 Å². The molecule has 0 radical (unpaired) electrons. The number of benzene rings is 1. The summed E-state index contributed by atoms with van der Waals surface area (Å²) in [4.78, 5) is 0. The molecule has 0 saturated heterocycles. The minimum Gasteiger partial charge on any atom is -0.398 e. The van der Waals surface area contributed by atoms with Gasteiger partial charge in [0.1, 0.15) is 6.07 Å². The van der Waals surface area contributed by atoms with Crippen LogP contribution in [-0.4, -0.2) is 0 Å². The number of rotatable bonds is 0. The van der Waals surface area contributed by atoms with Crippen molar-refractivity contribution in [2.75, 3.05) is 5.73 Å². The van der Waals surface area contributed by atoms with Crippen molar-refractivity contribution in [1.82, 2.24) is 0 Å². The third-order valence-electron chi connectivity index (χ3n) is 1.21. The quantitative estimate of drug-likeness (QED) is 0.698. The predicted octanol–water partition coefficient (Wildman–Crippen LogP) is 2.56. The van der Waals surface area contributed by atoms with Gasteiger partial charge in [-0.1, -0.05) is 11.6 Å². The molecule has 2 N–H and O–H groups in total. The highest BCUT2D eigenvalue weighted by Gasteiger charge is 2.02. The molecule has 0 saturated carbocycles. The van der Waals surface area contributed by atoms with Crippen LogP contribution >= 0.6 is 27.5 Å². The Balaban J connectivity index is 3.35. The fourth-order valence-corrected chi connectivity index (χ4v) is 1.21. The molecule has 0 fully saturated rings. The molecule has 0 atom stereocenters. The fourth-order valence-electron chi connectivity index (χ4n) is 0.648. The van der Waals surface area contributed by atoms with Gasteiger partial charge in [-0.05, 0) is 28.1 Å². The van der Waals surface area contributed by atoms with Crippen molar-refractivity contribution in [1.29, 1.82) is 5.26 Å². The molecular weight excluding hydrogens is 227 g/mol. The second-order valence-corrected chi connectivity index (χ2v) is 3.23. The lowest BCUT2D eigenvalue weighted by Gasteiger charge is -1.99. The summed E-state index contributed by atoms with van der Waals surface area (Å²) in [5, 5.41) is 8.92. The average Bonchev–Trinajstić information content (AvgIpc) is 1.97. The number of hydrogen-bond acceptors (Lipinski definition) is 2. The summed E-state index contributed by atoms with van der Waals surface area (Å²) in [6.45, 7) is 0. The molecule has 1 rings (SSSR count). The van der Waals surface area contributed by atoms with Crippen molar-refractivity contribution >= 4 is 33.2 Å². The van der Waals surface area contributed by atoms with E-state index in [0.29, 0.717) is 20.7 Å². The molecule has 0 aliphatic rings. The maximum atomic E-state index is 8.54. The lowest BCUT2D eigenvalue weighted by molar-refractivity contribution is 1.47. The van der Waals surface area contributed by atoms with Crippen LogP contribution in [0.15, 0.2) is 16.6 Å². The minimum atomic E-state index is 0.383. The molecule has 0 aliphatic carbocycles. The van der Waals surface area contributed by atoms with E-state index in [0.717, 1.165) is 0 Å². The molecule has 0 unspecified atom stereocenters. The van der Waals surface area contributed by atoms with E-state index in [1.54, 1.807) is 12.1 Å². The van der Waals surface area contributed by atoms with Crippen LogP contribution in [0, 0.1) is 11.3 Å². The zero-order valence-electron chi connectivity index (χ0n) is 5.44. The van der Waals surface area contributed by atoms with E-state index in [1.165, 1.54) is 0 Å². The van der Waals surface area contributed by atoms with Crippen LogP contribution in [0.5, 0.6) is 0 Å². The van der Waals surface area contributed by atoms with Gasteiger partial charge in [0.15, 0.2) is 0 Å². The van der Waals surface area contributed by atoms with Crippen molar-refractivity contribution in [3.05, 3.63) is 27.2 Å². The molecule has 0 bridgehead atoms. The molecule has 4 heteroatoms. The van der Waals surface area contributed by atoms with Gasteiger partial charge < -0.3 is 5.73 Å². The van der Waals surface area contributed by atoms with Crippen molar-refractivity contribution in [3.63, 3.8) is 0 Å². The van der Waals surface area contributed by atoms with Crippen LogP contribution in [0.4, 0.5) is 5.69 Å². The predicted molar refractivity (Wildman–Crippen MR) is 48.3 cm³/mol. The number of nitriles is 1. The molecular formula is C7H4BrClN2. The first-order valence-electron chi connectivity index (χ1n) is 2.79. The van der Waals surface area contributed by atoms with E-state index < -0.39 is 0 Å². The van der Waals surface area contributed by atoms with Gasteiger partial charge in [0, 0.05) is 10.2 Å². The van der Waals surface area contributed by atoms with Crippen LogP contribution in [-0.2, 0) is 0 Å². The Kier molecular flexibility index (Phi) is 2.38. The van der Waals surface area contributed by atoms with E-state index in [-0.39, 0.29) is 0 Å². The van der Waals surface area contributed by atoms with Crippen LogP contribution in [0.1, 0.15) is 5.56 Å². The molecule has 2 nitrogen and oxygen atoms in total. The number of nitrogens with two attached hydrogens (primary N) is 1. The van der Waals surface area contributed by atoms with Gasteiger partial charge in [-0.3, -0.25) is 0 Å². The fraction of sp³-hybridized carbons (Fsp3) is 0. The van der Waals surface area contributed by atoms with E-state index in [4.69, 9.17) is 22.6 Å². The van der Waals surface area contributed by atoms with E-state index in [1.807, 2.05) is 6.07 Å². The topological polar surface area (TPSA) is 49.8 Å². The zero-order valence-corrected chi connectivity index (χ0v) is 7.78. The molecule has 0 aliphatic heterocycles. The minimum absolute atomic E-state index is 0.383. The molecule has 0 aromatic heterocycles. The third kappa shape index (κ3) is 1.65. The Labute approximate surface area is 77.7 Å². The Hall–Kier alpha value is -0.720. The number of hydrogen-bond donors (Lipinski definition) is 1. The van der Waals surface area contributed by atoms with Gasteiger partial charge in [-0.25, -0.2) is 0 Å². The van der Waals surface area contributed by atoms with Gasteiger partial charge >= 0.3 is 0 Å². The number of halogens is 2. The van der Waals surface area contributed by atoms with Gasteiger partial charge in [-0.2, -0.15) is 5.26 Å². The maximum Gasteiger partial charge on any atom is 0.101 e. The normalized spacial score (nSPS) is 9.18. The largest absolute Gasteiger partial charge is 0.398 e. The molecule has 1 aromatic carbocycles. The first-order valence-corrected chi connectivity index (χ1v) is 3.97. The molecule has 56 valence electrons. The van der Waals surface area contributed by atoms with Crippen molar-refractivity contribution in [2.45, 2.75) is 0 Å². The Morgan fingerprint density at radius 1 is 1.55 bits per heavy atom. The summed E-state index contributed by atoms with van der Waals surface area (Å²) < 4.78 is 0.693. The van der Waals surface area contributed by atoms with Crippen LogP contribution < -0.4 is 5.73 Å². The Morgan fingerprint density at radius 2 is 2.18 bits per heavy atom. The highest BCUT2D eigenvalue weighted by Crippen LogP contribution is 2.26. The van der Waals surface area contributed by atoms with Crippen LogP contribution in [0.2, 0.25) is 5.02 Å². The highest BCUT2D eigenvalue weighted by molar-refractivity contribution is 9.10. The van der Waals surface area contributed by atoms with Gasteiger partial charge in [0.2, 0.25) is 0 Å². The summed E-state index contributed by atoms with van der Waals surface area (Å²) in [5.41, 5.74) is 6.46. The second kappa shape index (κ2) is 3.12. The van der Waals surface area contributed by atoms with E-state index in [2.05, 4.69) is 15.9 Å². The number of anilines is 1. The highest BCUT2D eigenvalue weighted by atomic mass is 79.9. The lowest BCUT2D eigenvalue weighted by Crippen LogP contribution is -1.87. The van der Waals surface area contributed by atoms with E-state index >= 15 is 0 Å². The molecule has 0 heterocycles. The standard InChI is InChI=1S/C7H4BrClN2/c8-5-1-4(3-10)6(9)2-7(5)11/h1-2H,11H2. The first-order chi connectivity index (χ1) is 5.15. The smallest absolute Gasteiger partial charge is 0.101 e. The monoisotopic (exact) mass is 230 g/mol. The summed E-state index contributed by atoms with van der Waals surface area (Å²) in [6.07, 6.45) is 0. The van der Waals surface area contributed by atoms with Crippen molar-refractivity contribution in [2.24, 2.45) is 0 Å².